The van der Waals surface area contributed by atoms with Gasteiger partial charge in [0, 0.05) is 12.1 Å². The van der Waals surface area contributed by atoms with E-state index in [1.807, 2.05) is 0 Å². The first-order chi connectivity index (χ1) is 10.0. The van der Waals surface area contributed by atoms with Crippen LogP contribution >= 0.6 is 0 Å². The van der Waals surface area contributed by atoms with Gasteiger partial charge in [0.05, 0.1) is 0 Å². The van der Waals surface area contributed by atoms with Gasteiger partial charge in [0.25, 0.3) is 0 Å². The summed E-state index contributed by atoms with van der Waals surface area (Å²) in [4.78, 5) is 2.64. The number of hydrogen-bond acceptors (Lipinski definition) is 2. The normalized spacial score (nSPS) is 17.7. The summed E-state index contributed by atoms with van der Waals surface area (Å²) < 4.78 is 0. The van der Waals surface area contributed by atoms with Crippen molar-refractivity contribution >= 4 is 0 Å². The Morgan fingerprint density at radius 1 is 0.952 bits per heavy atom. The van der Waals surface area contributed by atoms with Gasteiger partial charge >= 0.3 is 0 Å². The number of nitrogens with one attached hydrogen (secondary N) is 1. The summed E-state index contributed by atoms with van der Waals surface area (Å²) in [7, 11) is 0. The Morgan fingerprint density at radius 3 is 2.19 bits per heavy atom. The van der Waals surface area contributed by atoms with Crippen LogP contribution in [-0.2, 0) is 13.0 Å². The van der Waals surface area contributed by atoms with Crippen LogP contribution in [0.2, 0.25) is 0 Å². The van der Waals surface area contributed by atoms with Gasteiger partial charge in [-0.15, -0.1) is 0 Å². The van der Waals surface area contributed by atoms with Crippen molar-refractivity contribution in [2.24, 2.45) is 0 Å². The summed E-state index contributed by atoms with van der Waals surface area (Å²) >= 11 is 0. The second kappa shape index (κ2) is 7.95. The number of likely N-dealkylation sites (tertiary alicyclic amines) is 1. The highest BCUT2D eigenvalue weighted by Crippen LogP contribution is 2.16. The van der Waals surface area contributed by atoms with Crippen molar-refractivity contribution in [2.75, 3.05) is 19.6 Å². The van der Waals surface area contributed by atoms with Gasteiger partial charge in [0.1, 0.15) is 0 Å². The Labute approximate surface area is 130 Å². The molecule has 0 unspecified atom stereocenters. The molecule has 0 saturated carbocycles. The van der Waals surface area contributed by atoms with E-state index in [1.165, 1.54) is 49.9 Å². The SMILES string of the molecule is CC(C)(C)NCCc1ccccc1CN1CCCCCC1. The molecule has 0 spiro atoms. The molecule has 1 aliphatic rings. The molecule has 2 heteroatoms. The molecular formula is C19H32N2. The van der Waals surface area contributed by atoms with E-state index in [1.54, 1.807) is 0 Å². The van der Waals surface area contributed by atoms with Crippen molar-refractivity contribution < 1.29 is 0 Å². The van der Waals surface area contributed by atoms with Crippen LogP contribution in [0.1, 0.15) is 57.6 Å². The van der Waals surface area contributed by atoms with Gasteiger partial charge in [-0.25, -0.2) is 0 Å². The van der Waals surface area contributed by atoms with Crippen molar-refractivity contribution in [1.82, 2.24) is 10.2 Å². The summed E-state index contributed by atoms with van der Waals surface area (Å²) in [6.45, 7) is 11.4. The van der Waals surface area contributed by atoms with Crippen LogP contribution < -0.4 is 5.32 Å². The van der Waals surface area contributed by atoms with Crippen LogP contribution in [0.15, 0.2) is 24.3 Å². The number of nitrogens with zero attached hydrogens (tertiary/aromatic N) is 1. The molecule has 0 aromatic heterocycles. The van der Waals surface area contributed by atoms with E-state index in [4.69, 9.17) is 0 Å². The molecule has 1 N–H and O–H groups in total. The molecule has 1 heterocycles. The lowest BCUT2D eigenvalue weighted by Gasteiger charge is -2.23. The molecule has 0 amide bonds. The maximum Gasteiger partial charge on any atom is 0.0236 e. The molecule has 0 atom stereocenters. The first-order valence-electron chi connectivity index (χ1n) is 8.59. The highest BCUT2D eigenvalue weighted by atomic mass is 15.1. The van der Waals surface area contributed by atoms with Gasteiger partial charge in [-0.05, 0) is 70.8 Å². The molecule has 118 valence electrons. The van der Waals surface area contributed by atoms with Gasteiger partial charge < -0.3 is 5.32 Å². The second-order valence-electron chi connectivity index (χ2n) is 7.39. The van der Waals surface area contributed by atoms with Crippen LogP contribution in [0.3, 0.4) is 0 Å². The number of benzene rings is 1. The van der Waals surface area contributed by atoms with Crippen molar-refractivity contribution in [3.05, 3.63) is 35.4 Å². The third-order valence-electron chi connectivity index (χ3n) is 4.26. The maximum atomic E-state index is 3.60. The van der Waals surface area contributed by atoms with Crippen LogP contribution in [0, 0.1) is 0 Å². The molecule has 0 radical (unpaired) electrons. The van der Waals surface area contributed by atoms with E-state index < -0.39 is 0 Å². The molecule has 0 aliphatic carbocycles. The zero-order valence-electron chi connectivity index (χ0n) is 14.1. The lowest BCUT2D eigenvalue weighted by molar-refractivity contribution is 0.276. The lowest BCUT2D eigenvalue weighted by Crippen LogP contribution is -2.37. The minimum absolute atomic E-state index is 0.208. The third-order valence-corrected chi connectivity index (χ3v) is 4.26. The van der Waals surface area contributed by atoms with E-state index in [9.17, 15) is 0 Å². The predicted molar refractivity (Wildman–Crippen MR) is 91.6 cm³/mol. The molecule has 1 aromatic rings. The van der Waals surface area contributed by atoms with Gasteiger partial charge in [0.15, 0.2) is 0 Å². The molecule has 1 aliphatic heterocycles. The molecule has 1 fully saturated rings. The summed E-state index contributed by atoms with van der Waals surface area (Å²) in [6, 6.07) is 8.99. The fourth-order valence-electron chi connectivity index (χ4n) is 3.06. The van der Waals surface area contributed by atoms with E-state index >= 15 is 0 Å². The molecule has 21 heavy (non-hydrogen) atoms. The fraction of sp³-hybridized carbons (Fsp3) is 0.684. The van der Waals surface area contributed by atoms with Crippen molar-refractivity contribution in [1.29, 1.82) is 0 Å². The van der Waals surface area contributed by atoms with Gasteiger partial charge in [-0.1, -0.05) is 37.1 Å². The van der Waals surface area contributed by atoms with Crippen LogP contribution in [0.25, 0.3) is 0 Å². The summed E-state index contributed by atoms with van der Waals surface area (Å²) in [5.41, 5.74) is 3.24. The maximum absolute atomic E-state index is 3.60. The minimum atomic E-state index is 0.208. The standard InChI is InChI=1S/C19H32N2/c1-19(2,3)20-13-12-17-10-6-7-11-18(17)16-21-14-8-4-5-9-15-21/h6-7,10-11,20H,4-5,8-9,12-16H2,1-3H3. The Morgan fingerprint density at radius 2 is 1.57 bits per heavy atom. The van der Waals surface area contributed by atoms with E-state index in [0.717, 1.165) is 19.5 Å². The van der Waals surface area contributed by atoms with Crippen molar-refractivity contribution in [3.8, 4) is 0 Å². The largest absolute Gasteiger partial charge is 0.312 e. The van der Waals surface area contributed by atoms with E-state index in [2.05, 4.69) is 55.3 Å². The van der Waals surface area contributed by atoms with Crippen LogP contribution in [0.5, 0.6) is 0 Å². The Kier molecular flexibility index (Phi) is 6.25. The van der Waals surface area contributed by atoms with Gasteiger partial charge in [-0.2, -0.15) is 0 Å². The Balaban J connectivity index is 1.92. The molecule has 2 rings (SSSR count). The quantitative estimate of drug-likeness (QED) is 0.881. The second-order valence-corrected chi connectivity index (χ2v) is 7.39. The topological polar surface area (TPSA) is 15.3 Å². The zero-order chi connectivity index (χ0) is 15.1. The highest BCUT2D eigenvalue weighted by molar-refractivity contribution is 5.27. The number of hydrogen-bond donors (Lipinski definition) is 1. The summed E-state index contributed by atoms with van der Waals surface area (Å²) in [5.74, 6) is 0. The number of rotatable bonds is 5. The third kappa shape index (κ3) is 6.19. The zero-order valence-corrected chi connectivity index (χ0v) is 14.1. The Bertz CT molecular complexity index is 412. The van der Waals surface area contributed by atoms with E-state index in [-0.39, 0.29) is 5.54 Å². The molecule has 1 aromatic carbocycles. The molecular weight excluding hydrogens is 256 g/mol. The summed E-state index contributed by atoms with van der Waals surface area (Å²) in [6.07, 6.45) is 6.68. The highest BCUT2D eigenvalue weighted by Gasteiger charge is 2.12. The smallest absolute Gasteiger partial charge is 0.0236 e. The molecule has 2 nitrogen and oxygen atoms in total. The predicted octanol–water partition coefficient (Wildman–Crippen LogP) is 3.99. The van der Waals surface area contributed by atoms with Gasteiger partial charge in [-0.3, -0.25) is 4.90 Å². The average Bonchev–Trinajstić information content (AvgIpc) is 2.68. The monoisotopic (exact) mass is 288 g/mol. The van der Waals surface area contributed by atoms with Crippen molar-refractivity contribution in [3.63, 3.8) is 0 Å². The minimum Gasteiger partial charge on any atom is -0.312 e. The first kappa shape index (κ1) is 16.5. The van der Waals surface area contributed by atoms with Crippen LogP contribution in [-0.4, -0.2) is 30.1 Å². The molecule has 0 bridgehead atoms. The van der Waals surface area contributed by atoms with E-state index in [0.29, 0.717) is 0 Å². The van der Waals surface area contributed by atoms with Gasteiger partial charge in [0.2, 0.25) is 0 Å². The first-order valence-corrected chi connectivity index (χ1v) is 8.59. The fourth-order valence-corrected chi connectivity index (χ4v) is 3.06. The molecule has 1 saturated heterocycles. The van der Waals surface area contributed by atoms with Crippen LogP contribution in [0.4, 0.5) is 0 Å². The summed E-state index contributed by atoms with van der Waals surface area (Å²) in [5, 5.41) is 3.60. The lowest BCUT2D eigenvalue weighted by atomic mass is 10.0. The Hall–Kier alpha value is -0.860. The van der Waals surface area contributed by atoms with Crippen molar-refractivity contribution in [2.45, 2.75) is 65.0 Å². The average molecular weight is 288 g/mol.